The Balaban J connectivity index is 1.66. The minimum absolute atomic E-state index is 0.158. The number of carboxylic acids is 2. The lowest BCUT2D eigenvalue weighted by Gasteiger charge is -2.35. The zero-order valence-electron chi connectivity index (χ0n) is 15.8. The summed E-state index contributed by atoms with van der Waals surface area (Å²) in [7, 11) is 0. The van der Waals surface area contributed by atoms with Crippen LogP contribution in [0.4, 0.5) is 0 Å². The van der Waals surface area contributed by atoms with E-state index in [1.165, 1.54) is 24.3 Å². The fourth-order valence-electron chi connectivity index (χ4n) is 3.29. The Morgan fingerprint density at radius 3 is 1.73 bits per heavy atom. The van der Waals surface area contributed by atoms with Gasteiger partial charge < -0.3 is 19.7 Å². The Labute approximate surface area is 172 Å². The molecule has 0 unspecified atom stereocenters. The highest BCUT2D eigenvalue weighted by atomic mass is 16.7. The van der Waals surface area contributed by atoms with Gasteiger partial charge >= 0.3 is 11.9 Å². The van der Waals surface area contributed by atoms with Crippen molar-refractivity contribution in [1.29, 1.82) is 0 Å². The lowest BCUT2D eigenvalue weighted by Crippen LogP contribution is -2.44. The van der Waals surface area contributed by atoms with E-state index < -0.39 is 17.7 Å². The molecule has 0 radical (unpaired) electrons. The smallest absolute Gasteiger partial charge is 0.335 e. The standard InChI is InChI=1S/C24H18O6/c25-22(26)17-5-9-20(10-6-17)29-24(14-13-16-3-1-2-4-19(16)15-24)30-21-11-7-18(8-12-21)23(27)28/h1-14H,15H2,(H,25,26)(H,27,28). The summed E-state index contributed by atoms with van der Waals surface area (Å²) in [6, 6.07) is 20.1. The lowest BCUT2D eigenvalue weighted by molar-refractivity contribution is -0.0703. The fourth-order valence-corrected chi connectivity index (χ4v) is 3.29. The molecular weight excluding hydrogens is 384 g/mol. The molecule has 2 N–H and O–H groups in total. The first-order valence-electron chi connectivity index (χ1n) is 9.26. The molecule has 0 aliphatic heterocycles. The fraction of sp³-hybridized carbons (Fsp3) is 0.0833. The second-order valence-electron chi connectivity index (χ2n) is 6.88. The number of hydrogen-bond acceptors (Lipinski definition) is 4. The molecule has 0 heterocycles. The SMILES string of the molecule is O=C(O)c1ccc(OC2(Oc3ccc(C(=O)O)cc3)C=Cc3ccccc3C2)cc1. The molecule has 4 rings (SSSR count). The molecule has 0 amide bonds. The van der Waals surface area contributed by atoms with Crippen LogP contribution in [0.25, 0.3) is 6.08 Å². The zero-order valence-corrected chi connectivity index (χ0v) is 15.8. The third-order valence-corrected chi connectivity index (χ3v) is 4.79. The van der Waals surface area contributed by atoms with Crippen LogP contribution in [-0.4, -0.2) is 27.9 Å². The molecule has 1 aliphatic rings. The number of fused-ring (bicyclic) bond motifs is 1. The maximum absolute atomic E-state index is 11.1. The number of hydrogen-bond donors (Lipinski definition) is 2. The van der Waals surface area contributed by atoms with Crippen molar-refractivity contribution >= 4 is 18.0 Å². The predicted octanol–water partition coefficient (Wildman–Crippen LogP) is 4.51. The molecule has 6 heteroatoms. The van der Waals surface area contributed by atoms with Crippen LogP contribution in [0.3, 0.4) is 0 Å². The average molecular weight is 402 g/mol. The number of carboxylic acid groups (broad SMARTS) is 2. The highest BCUT2D eigenvalue weighted by molar-refractivity contribution is 5.88. The normalized spacial score (nSPS) is 13.9. The van der Waals surface area contributed by atoms with Crippen molar-refractivity contribution in [3.05, 3.63) is 101 Å². The Kier molecular flexibility index (Phi) is 4.98. The molecule has 3 aromatic carbocycles. The second kappa shape index (κ2) is 7.75. The van der Waals surface area contributed by atoms with Gasteiger partial charge in [-0.25, -0.2) is 9.59 Å². The van der Waals surface area contributed by atoms with Crippen molar-refractivity contribution in [2.75, 3.05) is 0 Å². The van der Waals surface area contributed by atoms with Crippen LogP contribution in [0.2, 0.25) is 0 Å². The monoisotopic (exact) mass is 402 g/mol. The van der Waals surface area contributed by atoms with Crippen molar-refractivity contribution < 1.29 is 29.3 Å². The minimum Gasteiger partial charge on any atom is -0.478 e. The first-order chi connectivity index (χ1) is 14.4. The molecule has 0 aromatic heterocycles. The summed E-state index contributed by atoms with van der Waals surface area (Å²) in [6.07, 6.45) is 4.14. The molecule has 0 fully saturated rings. The van der Waals surface area contributed by atoms with Gasteiger partial charge in [-0.05, 0) is 59.7 Å². The van der Waals surface area contributed by atoms with Gasteiger partial charge in [-0.2, -0.15) is 0 Å². The van der Waals surface area contributed by atoms with Gasteiger partial charge in [0.05, 0.1) is 17.5 Å². The molecule has 0 bridgehead atoms. The van der Waals surface area contributed by atoms with Crippen LogP contribution in [0, 0.1) is 0 Å². The van der Waals surface area contributed by atoms with E-state index in [-0.39, 0.29) is 11.1 Å². The summed E-state index contributed by atoms with van der Waals surface area (Å²) in [6.45, 7) is 0. The first kappa shape index (κ1) is 19.3. The van der Waals surface area contributed by atoms with Gasteiger partial charge in [-0.1, -0.05) is 30.3 Å². The Morgan fingerprint density at radius 1 is 0.733 bits per heavy atom. The number of aromatic carboxylic acids is 2. The van der Waals surface area contributed by atoms with Crippen LogP contribution in [0.1, 0.15) is 31.8 Å². The van der Waals surface area contributed by atoms with E-state index >= 15 is 0 Å². The first-order valence-corrected chi connectivity index (χ1v) is 9.26. The molecule has 0 saturated carbocycles. The number of rotatable bonds is 6. The van der Waals surface area contributed by atoms with E-state index in [0.29, 0.717) is 17.9 Å². The van der Waals surface area contributed by atoms with E-state index in [9.17, 15) is 9.59 Å². The highest BCUT2D eigenvalue weighted by Crippen LogP contribution is 2.33. The molecular formula is C24H18O6. The van der Waals surface area contributed by atoms with Crippen molar-refractivity contribution in [3.63, 3.8) is 0 Å². The van der Waals surface area contributed by atoms with Crippen LogP contribution in [0.15, 0.2) is 78.9 Å². The summed E-state index contributed by atoms with van der Waals surface area (Å²) in [5, 5.41) is 18.2. The van der Waals surface area contributed by atoms with Crippen molar-refractivity contribution in [3.8, 4) is 11.5 Å². The van der Waals surface area contributed by atoms with Crippen LogP contribution in [-0.2, 0) is 6.42 Å². The molecule has 30 heavy (non-hydrogen) atoms. The largest absolute Gasteiger partial charge is 0.478 e. The third kappa shape index (κ3) is 4.03. The highest BCUT2D eigenvalue weighted by Gasteiger charge is 2.36. The van der Waals surface area contributed by atoms with Gasteiger partial charge in [0.25, 0.3) is 5.79 Å². The summed E-state index contributed by atoms with van der Waals surface area (Å²) < 4.78 is 12.4. The Morgan fingerprint density at radius 2 is 1.23 bits per heavy atom. The summed E-state index contributed by atoms with van der Waals surface area (Å²) in [5.41, 5.74) is 2.41. The lowest BCUT2D eigenvalue weighted by atomic mass is 9.93. The van der Waals surface area contributed by atoms with Crippen LogP contribution >= 0.6 is 0 Å². The maximum atomic E-state index is 11.1. The van der Waals surface area contributed by atoms with Crippen LogP contribution in [0.5, 0.6) is 11.5 Å². The van der Waals surface area contributed by atoms with Crippen LogP contribution < -0.4 is 9.47 Å². The molecule has 3 aromatic rings. The maximum Gasteiger partial charge on any atom is 0.335 e. The molecule has 0 spiro atoms. The minimum atomic E-state index is -1.18. The van der Waals surface area contributed by atoms with E-state index in [0.717, 1.165) is 11.1 Å². The molecule has 0 saturated heterocycles. The van der Waals surface area contributed by atoms with E-state index in [4.69, 9.17) is 19.7 Å². The van der Waals surface area contributed by atoms with Gasteiger partial charge in [0.1, 0.15) is 11.5 Å². The van der Waals surface area contributed by atoms with Crippen molar-refractivity contribution in [2.45, 2.75) is 12.2 Å². The van der Waals surface area contributed by atoms with Crippen molar-refractivity contribution in [2.24, 2.45) is 0 Å². The number of ether oxygens (including phenoxy) is 2. The average Bonchev–Trinajstić information content (AvgIpc) is 2.74. The third-order valence-electron chi connectivity index (χ3n) is 4.79. The Hall–Kier alpha value is -4.06. The van der Waals surface area contributed by atoms with Gasteiger partial charge in [-0.3, -0.25) is 0 Å². The second-order valence-corrected chi connectivity index (χ2v) is 6.88. The predicted molar refractivity (Wildman–Crippen MR) is 110 cm³/mol. The Bertz CT molecular complexity index is 1050. The van der Waals surface area contributed by atoms with Gasteiger partial charge in [0.15, 0.2) is 0 Å². The van der Waals surface area contributed by atoms with Crippen molar-refractivity contribution in [1.82, 2.24) is 0 Å². The van der Waals surface area contributed by atoms with Gasteiger partial charge in [0.2, 0.25) is 0 Å². The summed E-state index contributed by atoms with van der Waals surface area (Å²) in [4.78, 5) is 22.2. The molecule has 0 atom stereocenters. The van der Waals surface area contributed by atoms with E-state index in [1.807, 2.05) is 36.4 Å². The summed E-state index contributed by atoms with van der Waals surface area (Å²) >= 11 is 0. The molecule has 1 aliphatic carbocycles. The van der Waals surface area contributed by atoms with Gasteiger partial charge in [-0.15, -0.1) is 0 Å². The van der Waals surface area contributed by atoms with Gasteiger partial charge in [0, 0.05) is 6.08 Å². The zero-order chi connectivity index (χ0) is 21.1. The molecule has 150 valence electrons. The van der Waals surface area contributed by atoms with E-state index in [1.54, 1.807) is 24.3 Å². The number of benzene rings is 3. The summed E-state index contributed by atoms with van der Waals surface area (Å²) in [5.74, 6) is -2.31. The quantitative estimate of drug-likeness (QED) is 0.590. The topological polar surface area (TPSA) is 93.1 Å². The number of carbonyl (C=O) groups is 2. The molecule has 6 nitrogen and oxygen atoms in total. The van der Waals surface area contributed by atoms with E-state index in [2.05, 4.69) is 0 Å².